The second kappa shape index (κ2) is 4.68. The first kappa shape index (κ1) is 12.0. The minimum atomic E-state index is 0.374. The predicted molar refractivity (Wildman–Crippen MR) is 74.8 cm³/mol. The summed E-state index contributed by atoms with van der Waals surface area (Å²) >= 11 is 7.55. The molecular weight excluding hydrogens is 296 g/mol. The molecule has 2 aromatic heterocycles. The standard InChI is InChI=1S/C12H9ClN6S/c13-10-11(15-9-4-2-1-3-8(9)14-10)20-12-16-17-18-19(12)7-5-6-7/h1-4,7H,5-6H2. The number of hydrogen-bond acceptors (Lipinski definition) is 6. The van der Waals surface area contributed by atoms with E-state index in [1.807, 2.05) is 28.9 Å². The van der Waals surface area contributed by atoms with E-state index in [0.717, 1.165) is 23.9 Å². The highest BCUT2D eigenvalue weighted by atomic mass is 35.5. The zero-order chi connectivity index (χ0) is 13.5. The van der Waals surface area contributed by atoms with Gasteiger partial charge in [0.1, 0.15) is 5.03 Å². The maximum atomic E-state index is 6.20. The molecule has 1 aliphatic carbocycles. The van der Waals surface area contributed by atoms with E-state index in [1.165, 1.54) is 11.8 Å². The first-order valence-electron chi connectivity index (χ1n) is 6.19. The van der Waals surface area contributed by atoms with E-state index >= 15 is 0 Å². The van der Waals surface area contributed by atoms with E-state index in [2.05, 4.69) is 25.5 Å². The van der Waals surface area contributed by atoms with E-state index in [1.54, 1.807) is 0 Å². The van der Waals surface area contributed by atoms with Gasteiger partial charge in [0.05, 0.1) is 17.1 Å². The average Bonchev–Trinajstić information content (AvgIpc) is 3.20. The third-order valence-corrected chi connectivity index (χ3v) is 4.35. The first-order valence-corrected chi connectivity index (χ1v) is 7.39. The van der Waals surface area contributed by atoms with Gasteiger partial charge in [0.2, 0.25) is 5.16 Å². The molecule has 8 heteroatoms. The van der Waals surface area contributed by atoms with Crippen LogP contribution in [0.15, 0.2) is 34.4 Å². The van der Waals surface area contributed by atoms with Crippen LogP contribution in [0.1, 0.15) is 18.9 Å². The van der Waals surface area contributed by atoms with Crippen LogP contribution in [0.5, 0.6) is 0 Å². The van der Waals surface area contributed by atoms with Crippen molar-refractivity contribution in [1.29, 1.82) is 0 Å². The van der Waals surface area contributed by atoms with E-state index in [-0.39, 0.29) is 0 Å². The van der Waals surface area contributed by atoms with Crippen LogP contribution in [-0.4, -0.2) is 30.2 Å². The molecule has 0 unspecified atom stereocenters. The zero-order valence-electron chi connectivity index (χ0n) is 10.3. The third-order valence-electron chi connectivity index (χ3n) is 3.04. The number of tetrazole rings is 1. The van der Waals surface area contributed by atoms with Gasteiger partial charge in [0, 0.05) is 0 Å². The predicted octanol–water partition coefficient (Wildman–Crippen LogP) is 2.76. The lowest BCUT2D eigenvalue weighted by atomic mass is 10.3. The fourth-order valence-corrected chi connectivity index (χ4v) is 2.97. The molecule has 0 aliphatic heterocycles. The van der Waals surface area contributed by atoms with Gasteiger partial charge in [-0.3, -0.25) is 0 Å². The molecule has 0 bridgehead atoms. The van der Waals surface area contributed by atoms with Crippen LogP contribution in [0.25, 0.3) is 11.0 Å². The molecule has 20 heavy (non-hydrogen) atoms. The van der Waals surface area contributed by atoms with Crippen LogP contribution < -0.4 is 0 Å². The van der Waals surface area contributed by atoms with Gasteiger partial charge in [0.25, 0.3) is 0 Å². The Kier molecular flexibility index (Phi) is 2.82. The molecule has 1 aromatic carbocycles. The molecule has 6 nitrogen and oxygen atoms in total. The Morgan fingerprint density at radius 3 is 2.65 bits per heavy atom. The molecule has 0 atom stereocenters. The fraction of sp³-hybridized carbons (Fsp3) is 0.250. The van der Waals surface area contributed by atoms with Crippen molar-refractivity contribution < 1.29 is 0 Å². The Balaban J connectivity index is 1.74. The summed E-state index contributed by atoms with van der Waals surface area (Å²) in [4.78, 5) is 8.88. The van der Waals surface area contributed by atoms with Gasteiger partial charge in [-0.15, -0.1) is 5.10 Å². The number of halogens is 1. The van der Waals surface area contributed by atoms with Crippen LogP contribution in [0.4, 0.5) is 0 Å². The van der Waals surface area contributed by atoms with E-state index < -0.39 is 0 Å². The Hall–Kier alpha value is -1.73. The molecule has 2 heterocycles. The van der Waals surface area contributed by atoms with Crippen molar-refractivity contribution in [1.82, 2.24) is 30.2 Å². The maximum absolute atomic E-state index is 6.20. The van der Waals surface area contributed by atoms with Crippen molar-refractivity contribution in [3.05, 3.63) is 29.4 Å². The molecule has 0 N–H and O–H groups in total. The number of aromatic nitrogens is 6. The van der Waals surface area contributed by atoms with Gasteiger partial charge >= 0.3 is 0 Å². The normalized spacial score (nSPS) is 14.8. The average molecular weight is 305 g/mol. The molecule has 100 valence electrons. The lowest BCUT2D eigenvalue weighted by molar-refractivity contribution is 0.565. The summed E-state index contributed by atoms with van der Waals surface area (Å²) in [7, 11) is 0. The smallest absolute Gasteiger partial charge is 0.215 e. The molecule has 1 fully saturated rings. The number of nitrogens with zero attached hydrogens (tertiary/aromatic N) is 6. The summed E-state index contributed by atoms with van der Waals surface area (Å²) in [5, 5.41) is 13.5. The lowest BCUT2D eigenvalue weighted by Gasteiger charge is -2.04. The second-order valence-corrected chi connectivity index (χ2v) is 5.86. The van der Waals surface area contributed by atoms with Crippen LogP contribution in [-0.2, 0) is 0 Å². The van der Waals surface area contributed by atoms with Crippen LogP contribution in [0, 0.1) is 0 Å². The van der Waals surface area contributed by atoms with E-state index in [0.29, 0.717) is 21.4 Å². The zero-order valence-corrected chi connectivity index (χ0v) is 11.8. The maximum Gasteiger partial charge on any atom is 0.215 e. The van der Waals surface area contributed by atoms with Crippen LogP contribution >= 0.6 is 23.4 Å². The summed E-state index contributed by atoms with van der Waals surface area (Å²) in [6, 6.07) is 8.05. The van der Waals surface area contributed by atoms with Crippen molar-refractivity contribution in [3.8, 4) is 0 Å². The summed E-state index contributed by atoms with van der Waals surface area (Å²) < 4.78 is 1.83. The van der Waals surface area contributed by atoms with Crippen LogP contribution in [0.2, 0.25) is 5.15 Å². The summed E-state index contributed by atoms with van der Waals surface area (Å²) in [6.45, 7) is 0. The van der Waals surface area contributed by atoms with Crippen LogP contribution in [0.3, 0.4) is 0 Å². The Morgan fingerprint density at radius 2 is 1.90 bits per heavy atom. The van der Waals surface area contributed by atoms with Gasteiger partial charge in [-0.05, 0) is 47.2 Å². The van der Waals surface area contributed by atoms with Gasteiger partial charge in [-0.2, -0.15) is 0 Å². The van der Waals surface area contributed by atoms with Gasteiger partial charge in [-0.1, -0.05) is 23.7 Å². The molecule has 1 saturated carbocycles. The van der Waals surface area contributed by atoms with Crippen molar-refractivity contribution in [2.45, 2.75) is 29.1 Å². The fourth-order valence-electron chi connectivity index (χ4n) is 1.91. The molecule has 0 radical (unpaired) electrons. The molecular formula is C12H9ClN6S. The number of benzene rings is 1. The number of rotatable bonds is 3. The quantitative estimate of drug-likeness (QED) is 0.741. The Labute approximate surface area is 123 Å². The number of para-hydroxylation sites is 2. The lowest BCUT2D eigenvalue weighted by Crippen LogP contribution is -1.99. The highest BCUT2D eigenvalue weighted by Gasteiger charge is 2.28. The van der Waals surface area contributed by atoms with Crippen molar-refractivity contribution >= 4 is 34.4 Å². The van der Waals surface area contributed by atoms with E-state index in [9.17, 15) is 0 Å². The number of fused-ring (bicyclic) bond motifs is 1. The minimum absolute atomic E-state index is 0.374. The second-order valence-electron chi connectivity index (χ2n) is 4.55. The minimum Gasteiger partial charge on any atom is -0.236 e. The molecule has 0 spiro atoms. The van der Waals surface area contributed by atoms with E-state index in [4.69, 9.17) is 11.6 Å². The Morgan fingerprint density at radius 1 is 1.15 bits per heavy atom. The third kappa shape index (κ3) is 2.12. The largest absolute Gasteiger partial charge is 0.236 e. The number of hydrogen-bond donors (Lipinski definition) is 0. The monoisotopic (exact) mass is 304 g/mol. The molecule has 0 saturated heterocycles. The summed E-state index contributed by atoms with van der Waals surface area (Å²) in [5.41, 5.74) is 1.59. The summed E-state index contributed by atoms with van der Waals surface area (Å²) in [5.74, 6) is 0. The molecule has 3 aromatic rings. The SMILES string of the molecule is Clc1nc2ccccc2nc1Sc1nnnn1C1CC1. The molecule has 4 rings (SSSR count). The van der Waals surface area contributed by atoms with Crippen molar-refractivity contribution in [2.75, 3.05) is 0 Å². The van der Waals surface area contributed by atoms with Gasteiger partial charge in [0.15, 0.2) is 5.15 Å². The van der Waals surface area contributed by atoms with Crippen molar-refractivity contribution in [2.24, 2.45) is 0 Å². The Bertz CT molecular complexity index is 784. The molecule has 1 aliphatic rings. The van der Waals surface area contributed by atoms with Gasteiger partial charge < -0.3 is 0 Å². The topological polar surface area (TPSA) is 69.4 Å². The highest BCUT2D eigenvalue weighted by Crippen LogP contribution is 2.38. The summed E-state index contributed by atoms with van der Waals surface area (Å²) in [6.07, 6.45) is 2.24. The molecule has 0 amide bonds. The highest BCUT2D eigenvalue weighted by molar-refractivity contribution is 7.99. The van der Waals surface area contributed by atoms with Crippen molar-refractivity contribution in [3.63, 3.8) is 0 Å². The van der Waals surface area contributed by atoms with Gasteiger partial charge in [-0.25, -0.2) is 14.6 Å². The first-order chi connectivity index (χ1) is 9.81.